The summed E-state index contributed by atoms with van der Waals surface area (Å²) >= 11 is 0. The highest BCUT2D eigenvalue weighted by molar-refractivity contribution is 5.71. The Hall–Kier alpha value is -2.19. The molecule has 1 fully saturated rings. The van der Waals surface area contributed by atoms with Gasteiger partial charge in [0.05, 0.1) is 25.1 Å². The van der Waals surface area contributed by atoms with Gasteiger partial charge >= 0.3 is 0 Å². The summed E-state index contributed by atoms with van der Waals surface area (Å²) in [4.78, 5) is 22.9. The minimum absolute atomic E-state index is 0.154. The summed E-state index contributed by atoms with van der Waals surface area (Å²) in [7, 11) is 1.66. The number of fused-ring (bicyclic) bond motifs is 1. The van der Waals surface area contributed by atoms with E-state index in [1.54, 1.807) is 11.6 Å². The van der Waals surface area contributed by atoms with Crippen molar-refractivity contribution >= 4 is 17.1 Å². The number of H-pyrrole nitrogens is 1. The highest BCUT2D eigenvalue weighted by Gasteiger charge is 2.37. The maximum Gasteiger partial charge on any atom is 0.280 e. The number of hydrogen-bond acceptors (Lipinski definition) is 6. The summed E-state index contributed by atoms with van der Waals surface area (Å²) < 4.78 is 1.73. The van der Waals surface area contributed by atoms with Crippen LogP contribution in [0.25, 0.3) is 11.2 Å². The zero-order valence-corrected chi connectivity index (χ0v) is 11.6. The number of aromatic nitrogens is 4. The quantitative estimate of drug-likeness (QED) is 0.573. The van der Waals surface area contributed by atoms with Crippen LogP contribution < -0.4 is 10.9 Å². The minimum Gasteiger partial charge on any atom is -0.396 e. The van der Waals surface area contributed by atoms with Crippen LogP contribution in [0.1, 0.15) is 12.5 Å². The first kappa shape index (κ1) is 13.8. The number of nitrogens with one attached hydrogen (secondary N) is 2. The summed E-state index contributed by atoms with van der Waals surface area (Å²) in [5.74, 6) is -0.0182. The van der Waals surface area contributed by atoms with Crippen LogP contribution in [-0.2, 0) is 0 Å². The third-order valence-electron chi connectivity index (χ3n) is 4.04. The number of nitrogens with zero attached hydrogens (tertiary/aromatic N) is 3. The molecule has 1 aliphatic rings. The summed E-state index contributed by atoms with van der Waals surface area (Å²) in [6.07, 6.45) is 1.28. The van der Waals surface area contributed by atoms with Crippen molar-refractivity contribution in [3.05, 3.63) is 28.8 Å². The van der Waals surface area contributed by atoms with Gasteiger partial charge in [-0.25, -0.2) is 4.98 Å². The molecule has 0 saturated heterocycles. The Morgan fingerprint density at radius 1 is 1.62 bits per heavy atom. The fourth-order valence-electron chi connectivity index (χ4n) is 2.84. The van der Waals surface area contributed by atoms with Crippen molar-refractivity contribution in [3.63, 3.8) is 0 Å². The van der Waals surface area contributed by atoms with Crippen LogP contribution in [0.15, 0.2) is 23.3 Å². The van der Waals surface area contributed by atoms with E-state index in [4.69, 9.17) is 0 Å². The van der Waals surface area contributed by atoms with Crippen molar-refractivity contribution < 1.29 is 10.2 Å². The maximum atomic E-state index is 11.9. The Morgan fingerprint density at radius 2 is 2.38 bits per heavy atom. The molecular formula is C13H17N5O3. The number of imidazole rings is 1. The molecule has 2 aromatic rings. The van der Waals surface area contributed by atoms with Crippen molar-refractivity contribution in [1.29, 1.82) is 0 Å². The molecule has 0 amide bonds. The van der Waals surface area contributed by atoms with E-state index in [0.717, 1.165) is 5.57 Å². The summed E-state index contributed by atoms with van der Waals surface area (Å²) in [5, 5.41) is 22.1. The first-order valence-corrected chi connectivity index (χ1v) is 6.69. The molecule has 0 unspecified atom stereocenters. The molecule has 2 aromatic heterocycles. The Balaban J connectivity index is 2.12. The molecule has 0 spiro atoms. The van der Waals surface area contributed by atoms with Crippen molar-refractivity contribution in [2.24, 2.45) is 5.92 Å². The Kier molecular flexibility index (Phi) is 3.26. The third kappa shape index (κ3) is 2.03. The van der Waals surface area contributed by atoms with Crippen molar-refractivity contribution in [2.45, 2.75) is 18.6 Å². The van der Waals surface area contributed by atoms with Gasteiger partial charge < -0.3 is 20.1 Å². The van der Waals surface area contributed by atoms with Gasteiger partial charge in [-0.2, -0.15) is 4.98 Å². The smallest absolute Gasteiger partial charge is 0.280 e. The van der Waals surface area contributed by atoms with E-state index in [1.165, 1.54) is 6.33 Å². The second-order valence-electron chi connectivity index (χ2n) is 5.17. The van der Waals surface area contributed by atoms with Crippen LogP contribution >= 0.6 is 0 Å². The molecule has 0 radical (unpaired) electrons. The molecule has 112 valence electrons. The van der Waals surface area contributed by atoms with E-state index in [2.05, 4.69) is 26.8 Å². The summed E-state index contributed by atoms with van der Waals surface area (Å²) in [6, 6.07) is -0.235. The topological polar surface area (TPSA) is 116 Å². The first-order chi connectivity index (χ1) is 10.1. The molecule has 8 nitrogen and oxygen atoms in total. The normalized spacial score (nSPS) is 25.7. The van der Waals surface area contributed by atoms with Gasteiger partial charge in [-0.15, -0.1) is 0 Å². The largest absolute Gasteiger partial charge is 0.396 e. The van der Waals surface area contributed by atoms with Crippen LogP contribution in [0, 0.1) is 5.92 Å². The number of aliphatic hydroxyl groups excluding tert-OH is 2. The van der Waals surface area contributed by atoms with Gasteiger partial charge in [0.1, 0.15) is 0 Å². The molecule has 4 N–H and O–H groups in total. The first-order valence-electron chi connectivity index (χ1n) is 6.69. The number of aromatic amines is 1. The molecule has 2 heterocycles. The fourth-order valence-corrected chi connectivity index (χ4v) is 2.84. The highest BCUT2D eigenvalue weighted by Crippen LogP contribution is 2.39. The molecule has 8 heteroatoms. The van der Waals surface area contributed by atoms with Gasteiger partial charge in [0.15, 0.2) is 11.2 Å². The molecule has 3 rings (SSSR count). The predicted octanol–water partition coefficient (Wildman–Crippen LogP) is -0.368. The van der Waals surface area contributed by atoms with Gasteiger partial charge in [0.2, 0.25) is 5.95 Å². The van der Waals surface area contributed by atoms with E-state index in [-0.39, 0.29) is 29.6 Å². The molecule has 0 aliphatic heterocycles. The average molecular weight is 291 g/mol. The van der Waals surface area contributed by atoms with Crippen molar-refractivity contribution in [3.8, 4) is 0 Å². The van der Waals surface area contributed by atoms with Crippen LogP contribution in [0.3, 0.4) is 0 Å². The SMILES string of the molecule is C=C1[C@H](CO)[C@@H](O)C[C@@H]1n1cnc2c(=O)[nH]c(NC)nc21. The van der Waals surface area contributed by atoms with Crippen LogP contribution in [-0.4, -0.2) is 49.5 Å². The minimum atomic E-state index is -0.657. The molecule has 21 heavy (non-hydrogen) atoms. The van der Waals surface area contributed by atoms with Crippen molar-refractivity contribution in [1.82, 2.24) is 19.5 Å². The van der Waals surface area contributed by atoms with E-state index >= 15 is 0 Å². The van der Waals surface area contributed by atoms with Gasteiger partial charge in [-0.1, -0.05) is 6.58 Å². The lowest BCUT2D eigenvalue weighted by molar-refractivity contribution is 0.101. The second-order valence-corrected chi connectivity index (χ2v) is 5.17. The molecular weight excluding hydrogens is 274 g/mol. The van der Waals surface area contributed by atoms with E-state index < -0.39 is 6.10 Å². The monoisotopic (exact) mass is 291 g/mol. The predicted molar refractivity (Wildman–Crippen MR) is 77.1 cm³/mol. The van der Waals surface area contributed by atoms with Crippen LogP contribution in [0.4, 0.5) is 5.95 Å². The molecule has 1 aliphatic carbocycles. The highest BCUT2D eigenvalue weighted by atomic mass is 16.3. The van der Waals surface area contributed by atoms with Crippen molar-refractivity contribution in [2.75, 3.05) is 19.0 Å². The molecule has 1 saturated carbocycles. The van der Waals surface area contributed by atoms with E-state index in [1.807, 2.05) is 0 Å². The van der Waals surface area contributed by atoms with Gasteiger partial charge in [0, 0.05) is 13.0 Å². The summed E-state index contributed by atoms with van der Waals surface area (Å²) in [5.41, 5.74) is 1.06. The third-order valence-corrected chi connectivity index (χ3v) is 4.04. The molecule has 0 bridgehead atoms. The number of anilines is 1. The van der Waals surface area contributed by atoms with E-state index in [9.17, 15) is 15.0 Å². The van der Waals surface area contributed by atoms with Gasteiger partial charge in [-0.05, 0) is 12.0 Å². The van der Waals surface area contributed by atoms with Gasteiger partial charge in [-0.3, -0.25) is 9.78 Å². The lowest BCUT2D eigenvalue weighted by Gasteiger charge is -2.15. The van der Waals surface area contributed by atoms with E-state index in [0.29, 0.717) is 18.0 Å². The molecule has 0 aromatic carbocycles. The zero-order chi connectivity index (χ0) is 15.1. The Bertz CT molecular complexity index is 750. The maximum absolute atomic E-state index is 11.9. The number of hydrogen-bond donors (Lipinski definition) is 4. The Morgan fingerprint density at radius 3 is 3.00 bits per heavy atom. The second kappa shape index (κ2) is 4.97. The lowest BCUT2D eigenvalue weighted by atomic mass is 10.0. The Labute approximate surface area is 120 Å². The average Bonchev–Trinajstić information content (AvgIpc) is 3.00. The summed E-state index contributed by atoms with van der Waals surface area (Å²) in [6.45, 7) is 3.81. The van der Waals surface area contributed by atoms with Crippen LogP contribution in [0.5, 0.6) is 0 Å². The lowest BCUT2D eigenvalue weighted by Crippen LogP contribution is -2.17. The zero-order valence-electron chi connectivity index (χ0n) is 11.6. The van der Waals surface area contributed by atoms with Gasteiger partial charge in [0.25, 0.3) is 5.56 Å². The number of aliphatic hydroxyl groups is 2. The number of rotatable bonds is 3. The van der Waals surface area contributed by atoms with Crippen LogP contribution in [0.2, 0.25) is 0 Å². The molecule has 3 atom stereocenters. The fraction of sp³-hybridized carbons (Fsp3) is 0.462. The standard InChI is InChI=1S/C13H17N5O3/c1-6-7(4-19)9(20)3-8(6)18-5-15-10-11(18)16-13(14-2)17-12(10)21/h5,7-9,19-20H,1,3-4H2,2H3,(H2,14,16,17,21)/t7-,8-,9-/m0/s1.